The van der Waals surface area contributed by atoms with Crippen LogP contribution in [0.1, 0.15) is 39.2 Å². The average Bonchev–Trinajstić information content (AvgIpc) is 2.74. The third kappa shape index (κ3) is 4.79. The van der Waals surface area contributed by atoms with E-state index in [0.717, 1.165) is 6.07 Å². The van der Waals surface area contributed by atoms with Gasteiger partial charge in [0, 0.05) is 24.6 Å². The zero-order chi connectivity index (χ0) is 24.6. The van der Waals surface area contributed by atoms with Crippen molar-refractivity contribution in [2.24, 2.45) is 10.7 Å². The maximum atomic E-state index is 15.0. The van der Waals surface area contributed by atoms with Gasteiger partial charge in [0.25, 0.3) is 6.02 Å². The number of halogens is 5. The Morgan fingerprint density at radius 1 is 1.30 bits per heavy atom. The number of alkyl halides is 4. The number of hydrogen-bond donors (Lipinski definition) is 1. The minimum atomic E-state index is -4.87. The van der Waals surface area contributed by atoms with Crippen molar-refractivity contribution >= 4 is 17.5 Å². The number of hydrogen-bond acceptors (Lipinski definition) is 5. The largest absolute Gasteiger partial charge is 0.452 e. The maximum Gasteiger partial charge on any atom is 0.425 e. The predicted molar refractivity (Wildman–Crippen MR) is 109 cm³/mol. The molecule has 0 saturated carbocycles. The number of aliphatic imine (C=N–C) groups is 1. The fourth-order valence-electron chi connectivity index (χ4n) is 3.75. The number of aromatic nitrogens is 1. The lowest BCUT2D eigenvalue weighted by Gasteiger charge is -2.37. The van der Waals surface area contributed by atoms with Crippen molar-refractivity contribution in [3.63, 3.8) is 0 Å². The van der Waals surface area contributed by atoms with Crippen molar-refractivity contribution in [1.29, 1.82) is 0 Å². The van der Waals surface area contributed by atoms with Crippen LogP contribution in [0.5, 0.6) is 0 Å². The minimum absolute atomic E-state index is 0.0000166. The molecule has 0 bridgehead atoms. The van der Waals surface area contributed by atoms with E-state index in [9.17, 15) is 22.4 Å². The second kappa shape index (κ2) is 8.77. The maximum absolute atomic E-state index is 15.0. The molecule has 11 heteroatoms. The third-order valence-electron chi connectivity index (χ3n) is 5.33. The summed E-state index contributed by atoms with van der Waals surface area (Å²) in [5, 5.41) is 0. The highest BCUT2D eigenvalue weighted by atomic mass is 19.4. The molecule has 0 amide bonds. The van der Waals surface area contributed by atoms with Crippen LogP contribution in [-0.4, -0.2) is 35.7 Å². The molecule has 3 rings (SSSR count). The second-order valence-electron chi connectivity index (χ2n) is 7.81. The topological polar surface area (TPSA) is 81.9 Å². The first kappa shape index (κ1) is 24.1. The number of ether oxygens (including phenoxy) is 1. The van der Waals surface area contributed by atoms with E-state index in [1.54, 1.807) is 6.92 Å². The van der Waals surface area contributed by atoms with Crippen LogP contribution in [0.2, 0.25) is 0 Å². The van der Waals surface area contributed by atoms with Crippen LogP contribution in [-0.2, 0) is 16.7 Å². The first-order chi connectivity index (χ1) is 15.4. The molecule has 0 saturated heterocycles. The van der Waals surface area contributed by atoms with Crippen molar-refractivity contribution in [3.8, 4) is 0 Å². The van der Waals surface area contributed by atoms with Gasteiger partial charge >= 0.3 is 6.18 Å². The van der Waals surface area contributed by atoms with Crippen LogP contribution in [0.15, 0.2) is 29.4 Å². The molecule has 1 aromatic carbocycles. The summed E-state index contributed by atoms with van der Waals surface area (Å²) >= 11 is 0. The lowest BCUT2D eigenvalue weighted by molar-refractivity contribution is -0.209. The SMILES string of the molecule is [C-]#[N+]c1cnc(C(=O)Cc2cc(C)c(F)c([C@]3(CF)C[C@@H](C(F)(F)F)OC(N)=N3)c2)c(C)c1. The van der Waals surface area contributed by atoms with E-state index in [-0.39, 0.29) is 28.9 Å². The summed E-state index contributed by atoms with van der Waals surface area (Å²) < 4.78 is 73.6. The molecule has 2 atom stereocenters. The van der Waals surface area contributed by atoms with Gasteiger partial charge in [-0.1, -0.05) is 6.07 Å². The van der Waals surface area contributed by atoms with Crippen LogP contribution in [0.25, 0.3) is 4.85 Å². The highest BCUT2D eigenvalue weighted by Gasteiger charge is 2.52. The number of rotatable bonds is 5. The van der Waals surface area contributed by atoms with Gasteiger partial charge in [0.05, 0.1) is 6.57 Å². The molecule has 2 heterocycles. The zero-order valence-electron chi connectivity index (χ0n) is 17.6. The smallest absolute Gasteiger partial charge is 0.425 e. The number of amidine groups is 1. The number of nitrogens with two attached hydrogens (primary N) is 1. The Bertz CT molecular complexity index is 1170. The van der Waals surface area contributed by atoms with Crippen LogP contribution in [0.4, 0.5) is 27.6 Å². The fourth-order valence-corrected chi connectivity index (χ4v) is 3.75. The minimum Gasteiger partial charge on any atom is -0.452 e. The molecule has 2 aromatic rings. The molecule has 2 N–H and O–H groups in total. The monoisotopic (exact) mass is 466 g/mol. The number of aryl methyl sites for hydroxylation is 2. The molecule has 1 aliphatic rings. The van der Waals surface area contributed by atoms with Gasteiger partial charge in [-0.3, -0.25) is 9.78 Å². The van der Waals surface area contributed by atoms with Crippen molar-refractivity contribution in [3.05, 3.63) is 69.6 Å². The number of nitrogens with zero attached hydrogens (tertiary/aromatic N) is 3. The van der Waals surface area contributed by atoms with E-state index in [4.69, 9.17) is 12.3 Å². The van der Waals surface area contributed by atoms with Gasteiger partial charge in [0.15, 0.2) is 11.9 Å². The molecule has 0 unspecified atom stereocenters. The van der Waals surface area contributed by atoms with Crippen LogP contribution >= 0.6 is 0 Å². The third-order valence-corrected chi connectivity index (χ3v) is 5.33. The zero-order valence-corrected chi connectivity index (χ0v) is 17.6. The van der Waals surface area contributed by atoms with Crippen molar-refractivity contribution in [2.75, 3.05) is 6.67 Å². The van der Waals surface area contributed by atoms with E-state index in [1.165, 1.54) is 25.3 Å². The predicted octanol–water partition coefficient (Wildman–Crippen LogP) is 4.64. The van der Waals surface area contributed by atoms with Gasteiger partial charge in [0.2, 0.25) is 5.69 Å². The summed E-state index contributed by atoms with van der Waals surface area (Å²) in [6, 6.07) is 3.06. The Morgan fingerprint density at radius 2 is 2.00 bits per heavy atom. The Kier molecular flexibility index (Phi) is 6.40. The second-order valence-corrected chi connectivity index (χ2v) is 7.81. The van der Waals surface area contributed by atoms with Gasteiger partial charge in [-0.05, 0) is 42.7 Å². The lowest BCUT2D eigenvalue weighted by atomic mass is 9.82. The summed E-state index contributed by atoms with van der Waals surface area (Å²) in [7, 11) is 0. The summed E-state index contributed by atoms with van der Waals surface area (Å²) in [5.41, 5.74) is 3.73. The summed E-state index contributed by atoms with van der Waals surface area (Å²) in [6.45, 7) is 8.49. The molecule has 0 fully saturated rings. The highest BCUT2D eigenvalue weighted by molar-refractivity contribution is 5.97. The fraction of sp³-hybridized carbons (Fsp3) is 0.364. The lowest BCUT2D eigenvalue weighted by Crippen LogP contribution is -2.48. The summed E-state index contributed by atoms with van der Waals surface area (Å²) in [4.78, 5) is 23.7. The van der Waals surface area contributed by atoms with Gasteiger partial charge in [0.1, 0.15) is 23.7 Å². The van der Waals surface area contributed by atoms with E-state index in [1.807, 2.05) is 0 Å². The van der Waals surface area contributed by atoms with Crippen molar-refractivity contribution < 1.29 is 31.5 Å². The normalized spacial score (nSPS) is 20.5. The van der Waals surface area contributed by atoms with Gasteiger partial charge in [-0.25, -0.2) is 18.6 Å². The van der Waals surface area contributed by atoms with Crippen molar-refractivity contribution in [1.82, 2.24) is 4.98 Å². The number of benzene rings is 1. The average molecular weight is 466 g/mol. The molecular weight excluding hydrogens is 447 g/mol. The number of ketones is 1. The van der Waals surface area contributed by atoms with Gasteiger partial charge < -0.3 is 10.5 Å². The standard InChI is InChI=1S/C22H19F5N4O2/c1-11-4-13(7-16(32)19-12(2)5-14(29-3)9-30-19)6-15(18(11)24)21(10-23)8-17(22(25,26)27)33-20(28)31-21/h4-6,9,17H,7-8,10H2,1-2H3,(H2,28,31)/t17-,21+/m0/s1. The van der Waals surface area contributed by atoms with Crippen LogP contribution < -0.4 is 5.73 Å². The molecule has 1 aromatic heterocycles. The Hall–Kier alpha value is -3.55. The molecular formula is C22H19F5N4O2. The van der Waals surface area contributed by atoms with Gasteiger partial charge in [-0.15, -0.1) is 0 Å². The molecule has 0 aliphatic carbocycles. The van der Waals surface area contributed by atoms with Crippen molar-refractivity contribution in [2.45, 2.75) is 44.5 Å². The molecule has 1 aliphatic heterocycles. The number of pyridine rings is 1. The molecule has 0 spiro atoms. The quantitative estimate of drug-likeness (QED) is 0.395. The van der Waals surface area contributed by atoms with E-state index < -0.39 is 54.1 Å². The van der Waals surface area contributed by atoms with E-state index in [0.29, 0.717) is 5.56 Å². The van der Waals surface area contributed by atoms with Crippen LogP contribution in [0, 0.1) is 26.2 Å². The molecule has 174 valence electrons. The molecule has 6 nitrogen and oxygen atoms in total. The Morgan fingerprint density at radius 3 is 2.58 bits per heavy atom. The van der Waals surface area contributed by atoms with Crippen LogP contribution in [0.3, 0.4) is 0 Å². The Labute approximate surface area is 186 Å². The molecule has 0 radical (unpaired) electrons. The number of carbonyl (C=O) groups excluding carboxylic acids is 1. The first-order valence-corrected chi connectivity index (χ1v) is 9.71. The summed E-state index contributed by atoms with van der Waals surface area (Å²) in [5.74, 6) is -1.41. The van der Waals surface area contributed by atoms with E-state index >= 15 is 4.39 Å². The molecule has 33 heavy (non-hydrogen) atoms. The number of Topliss-reactive ketones (excluding diaryl/α,β-unsaturated/α-hetero) is 1. The number of carbonyl (C=O) groups is 1. The van der Waals surface area contributed by atoms with Gasteiger partial charge in [-0.2, -0.15) is 13.2 Å². The summed E-state index contributed by atoms with van der Waals surface area (Å²) in [6.07, 6.45) is -7.39. The van der Waals surface area contributed by atoms with E-state index in [2.05, 4.69) is 19.6 Å². The highest BCUT2D eigenvalue weighted by Crippen LogP contribution is 2.42. The first-order valence-electron chi connectivity index (χ1n) is 9.71. The Balaban J connectivity index is 2.03.